The molecule has 0 saturated heterocycles. The Morgan fingerprint density at radius 1 is 1.45 bits per heavy atom. The number of hydrogen-bond donors (Lipinski definition) is 4. The van der Waals surface area contributed by atoms with E-state index in [4.69, 9.17) is 5.14 Å². The van der Waals surface area contributed by atoms with Crippen LogP contribution in [0.2, 0.25) is 0 Å². The Hall–Kier alpha value is -1.29. The maximum absolute atomic E-state index is 11.8. The van der Waals surface area contributed by atoms with Crippen LogP contribution in [0.15, 0.2) is 23.1 Å². The number of carbonyl (C=O) groups is 1. The van der Waals surface area contributed by atoms with Crippen LogP contribution >= 0.6 is 11.8 Å². The van der Waals surface area contributed by atoms with Gasteiger partial charge in [-0.25, -0.2) is 18.4 Å². The van der Waals surface area contributed by atoms with Gasteiger partial charge in [-0.2, -0.15) is 11.8 Å². The van der Waals surface area contributed by atoms with Gasteiger partial charge in [0.1, 0.15) is 0 Å². The number of sulfonamides is 1. The number of primary sulfonamides is 1. The zero-order valence-electron chi connectivity index (χ0n) is 12.7. The molecular weight excluding hydrogens is 326 g/mol. The van der Waals surface area contributed by atoms with Crippen molar-refractivity contribution in [3.8, 4) is 0 Å². The zero-order chi connectivity index (χ0) is 17.0. The molecule has 0 spiro atoms. The summed E-state index contributed by atoms with van der Waals surface area (Å²) in [6.45, 7) is 3.31. The molecule has 1 unspecified atom stereocenters. The summed E-state index contributed by atoms with van der Waals surface area (Å²) < 4.78 is 22.9. The Bertz CT molecular complexity index is 645. The van der Waals surface area contributed by atoms with Crippen molar-refractivity contribution < 1.29 is 18.3 Å². The molecule has 0 aliphatic heterocycles. The average Bonchev–Trinajstić information content (AvgIpc) is 2.37. The molecule has 7 nitrogen and oxygen atoms in total. The van der Waals surface area contributed by atoms with Crippen LogP contribution in [0, 0.1) is 6.92 Å². The predicted molar refractivity (Wildman–Crippen MR) is 88.6 cm³/mol. The normalized spacial score (nSPS) is 14.2. The predicted octanol–water partition coefficient (Wildman–Crippen LogP) is 0.878. The molecule has 0 aromatic heterocycles. The van der Waals surface area contributed by atoms with Gasteiger partial charge in [0.2, 0.25) is 10.0 Å². The van der Waals surface area contributed by atoms with E-state index in [-0.39, 0.29) is 11.4 Å². The second-order valence-electron chi connectivity index (χ2n) is 5.26. The molecular formula is C13H21N3O4S2. The second-order valence-corrected chi connectivity index (χ2v) is 7.66. The Morgan fingerprint density at radius 3 is 2.64 bits per heavy atom. The van der Waals surface area contributed by atoms with Crippen molar-refractivity contribution in [1.29, 1.82) is 0 Å². The Morgan fingerprint density at radius 2 is 2.09 bits per heavy atom. The molecule has 1 aromatic carbocycles. The highest BCUT2D eigenvalue weighted by Gasteiger charge is 2.20. The molecule has 2 amide bonds. The van der Waals surface area contributed by atoms with E-state index < -0.39 is 21.7 Å². The Balaban J connectivity index is 2.74. The van der Waals surface area contributed by atoms with E-state index >= 15 is 0 Å². The lowest BCUT2D eigenvalue weighted by atomic mass is 10.1. The summed E-state index contributed by atoms with van der Waals surface area (Å²) >= 11 is 1.47. The number of nitrogens with two attached hydrogens (primary N) is 1. The highest BCUT2D eigenvalue weighted by Crippen LogP contribution is 2.19. The van der Waals surface area contributed by atoms with E-state index in [1.54, 1.807) is 26.0 Å². The first-order valence-electron chi connectivity index (χ1n) is 6.45. The molecule has 0 saturated carbocycles. The minimum atomic E-state index is -3.85. The van der Waals surface area contributed by atoms with Crippen molar-refractivity contribution in [3.05, 3.63) is 23.8 Å². The smallest absolute Gasteiger partial charge is 0.319 e. The lowest BCUT2D eigenvalue weighted by Gasteiger charge is -2.22. The van der Waals surface area contributed by atoms with Gasteiger partial charge >= 0.3 is 6.03 Å². The van der Waals surface area contributed by atoms with Crippen molar-refractivity contribution in [1.82, 2.24) is 5.32 Å². The van der Waals surface area contributed by atoms with Crippen LogP contribution in [0.4, 0.5) is 10.5 Å². The zero-order valence-corrected chi connectivity index (χ0v) is 14.3. The van der Waals surface area contributed by atoms with Crippen molar-refractivity contribution in [2.45, 2.75) is 24.3 Å². The van der Waals surface area contributed by atoms with E-state index in [9.17, 15) is 18.3 Å². The van der Waals surface area contributed by atoms with Crippen LogP contribution in [0.25, 0.3) is 0 Å². The number of thioether (sulfide) groups is 1. The summed E-state index contributed by atoms with van der Waals surface area (Å²) in [5, 5.41) is 20.1. The third kappa shape index (κ3) is 5.84. The molecule has 124 valence electrons. The fraction of sp³-hybridized carbons (Fsp3) is 0.462. The Labute approximate surface area is 134 Å². The minimum absolute atomic E-state index is 0.0420. The first kappa shape index (κ1) is 18.8. The molecule has 9 heteroatoms. The molecule has 0 radical (unpaired) electrons. The van der Waals surface area contributed by atoms with Crippen LogP contribution in [0.1, 0.15) is 12.5 Å². The molecule has 0 fully saturated rings. The van der Waals surface area contributed by atoms with E-state index in [2.05, 4.69) is 10.6 Å². The number of rotatable bonds is 6. The van der Waals surface area contributed by atoms with Gasteiger partial charge in [-0.15, -0.1) is 0 Å². The van der Waals surface area contributed by atoms with Crippen LogP contribution < -0.4 is 15.8 Å². The standard InChI is InChI=1S/C13H21N3O4S2/c1-9-4-5-10(6-11(9)22(14,19)20)16-12(17)15-7-13(2,18)8-21-3/h4-6,18H,7-8H2,1-3H3,(H2,14,19,20)(H2,15,16,17). The molecule has 1 atom stereocenters. The molecule has 0 heterocycles. The summed E-state index contributed by atoms with van der Waals surface area (Å²) in [6.07, 6.45) is 1.86. The third-order valence-corrected chi connectivity index (χ3v) is 4.80. The highest BCUT2D eigenvalue weighted by atomic mass is 32.2. The molecule has 0 bridgehead atoms. The Kier molecular flexibility index (Phi) is 6.24. The maximum atomic E-state index is 11.8. The number of urea groups is 1. The first-order valence-corrected chi connectivity index (χ1v) is 9.39. The number of nitrogens with one attached hydrogen (secondary N) is 2. The number of amides is 2. The number of benzene rings is 1. The topological polar surface area (TPSA) is 122 Å². The fourth-order valence-electron chi connectivity index (χ4n) is 1.79. The number of aliphatic hydroxyl groups is 1. The molecule has 1 rings (SSSR count). The van der Waals surface area contributed by atoms with Crippen molar-refractivity contribution >= 4 is 33.5 Å². The molecule has 22 heavy (non-hydrogen) atoms. The lowest BCUT2D eigenvalue weighted by Crippen LogP contribution is -2.43. The van der Waals surface area contributed by atoms with Crippen molar-refractivity contribution in [2.75, 3.05) is 23.9 Å². The van der Waals surface area contributed by atoms with E-state index in [0.717, 1.165) is 0 Å². The van der Waals surface area contributed by atoms with Gasteiger partial charge in [-0.05, 0) is 37.8 Å². The van der Waals surface area contributed by atoms with Crippen LogP contribution in [-0.4, -0.2) is 43.7 Å². The van der Waals surface area contributed by atoms with Gasteiger partial charge in [0.05, 0.1) is 10.5 Å². The molecule has 0 aliphatic rings. The SMILES string of the molecule is CSCC(C)(O)CNC(=O)Nc1ccc(C)c(S(N)(=O)=O)c1. The largest absolute Gasteiger partial charge is 0.387 e. The first-order chi connectivity index (χ1) is 10.0. The summed E-state index contributed by atoms with van der Waals surface area (Å²) in [6, 6.07) is 3.89. The van der Waals surface area contributed by atoms with E-state index in [1.165, 1.54) is 17.8 Å². The van der Waals surface area contributed by atoms with Crippen LogP contribution in [-0.2, 0) is 10.0 Å². The van der Waals surface area contributed by atoms with Gasteiger partial charge in [-0.3, -0.25) is 0 Å². The van der Waals surface area contributed by atoms with Crippen molar-refractivity contribution in [2.24, 2.45) is 5.14 Å². The van der Waals surface area contributed by atoms with Crippen LogP contribution in [0.5, 0.6) is 0 Å². The van der Waals surface area contributed by atoms with Gasteiger partial charge in [-0.1, -0.05) is 6.07 Å². The van der Waals surface area contributed by atoms with Gasteiger partial charge in [0.25, 0.3) is 0 Å². The summed E-state index contributed by atoms with van der Waals surface area (Å²) in [5.74, 6) is 0.480. The number of anilines is 1. The van der Waals surface area contributed by atoms with Gasteiger partial charge < -0.3 is 15.7 Å². The number of aryl methyl sites for hydroxylation is 1. The highest BCUT2D eigenvalue weighted by molar-refractivity contribution is 7.98. The lowest BCUT2D eigenvalue weighted by molar-refractivity contribution is 0.0876. The van der Waals surface area contributed by atoms with Crippen LogP contribution in [0.3, 0.4) is 0 Å². The minimum Gasteiger partial charge on any atom is -0.387 e. The van der Waals surface area contributed by atoms with Gasteiger partial charge in [0, 0.05) is 18.0 Å². The maximum Gasteiger partial charge on any atom is 0.319 e. The summed E-state index contributed by atoms with van der Waals surface area (Å²) in [4.78, 5) is 11.7. The third-order valence-electron chi connectivity index (χ3n) is 2.84. The fourth-order valence-corrected chi connectivity index (χ4v) is 3.32. The molecule has 0 aliphatic carbocycles. The van der Waals surface area contributed by atoms with Gasteiger partial charge in [0.15, 0.2) is 0 Å². The summed E-state index contributed by atoms with van der Waals surface area (Å²) in [7, 11) is -3.85. The van der Waals surface area contributed by atoms with E-state index in [1.807, 2.05) is 6.26 Å². The monoisotopic (exact) mass is 347 g/mol. The molecule has 5 N–H and O–H groups in total. The van der Waals surface area contributed by atoms with Crippen molar-refractivity contribution in [3.63, 3.8) is 0 Å². The quantitative estimate of drug-likeness (QED) is 0.608. The number of carbonyl (C=O) groups excluding carboxylic acids is 1. The second kappa shape index (κ2) is 7.32. The van der Waals surface area contributed by atoms with E-state index in [0.29, 0.717) is 17.0 Å². The number of hydrogen-bond acceptors (Lipinski definition) is 5. The molecule has 1 aromatic rings. The summed E-state index contributed by atoms with van der Waals surface area (Å²) in [5.41, 5.74) is -0.219. The average molecular weight is 347 g/mol.